The Morgan fingerprint density at radius 1 is 1.10 bits per heavy atom. The highest BCUT2D eigenvalue weighted by Gasteiger charge is 2.39. The number of nitrogens with one attached hydrogen (secondary N) is 2. The highest BCUT2D eigenvalue weighted by molar-refractivity contribution is 7.89. The van der Waals surface area contributed by atoms with Crippen LogP contribution in [0, 0.1) is 0 Å². The molecule has 1 unspecified atom stereocenters. The molecule has 1 atom stereocenters. The van der Waals surface area contributed by atoms with E-state index in [0.717, 1.165) is 16.5 Å². The Hall–Kier alpha value is -3.01. The molecule has 4 N–H and O–H groups in total. The van der Waals surface area contributed by atoms with Crippen molar-refractivity contribution < 1.29 is 18.0 Å². The van der Waals surface area contributed by atoms with Gasteiger partial charge in [0.1, 0.15) is 0 Å². The third kappa shape index (κ3) is 3.93. The van der Waals surface area contributed by atoms with Gasteiger partial charge in [-0.15, -0.1) is 0 Å². The first-order chi connectivity index (χ1) is 13.8. The van der Waals surface area contributed by atoms with Crippen molar-refractivity contribution in [3.8, 4) is 0 Å². The topological polar surface area (TPSA) is 125 Å². The monoisotopic (exact) mass is 412 g/mol. The number of aromatic amines is 1. The summed E-state index contributed by atoms with van der Waals surface area (Å²) in [6.07, 6.45) is 2.49. The van der Waals surface area contributed by atoms with Gasteiger partial charge in [-0.3, -0.25) is 9.59 Å². The van der Waals surface area contributed by atoms with Crippen LogP contribution in [0.5, 0.6) is 0 Å². The summed E-state index contributed by atoms with van der Waals surface area (Å²) in [5, 5.41) is 9.22. The number of carbonyl (C=O) groups is 2. The van der Waals surface area contributed by atoms with Crippen LogP contribution >= 0.6 is 0 Å². The van der Waals surface area contributed by atoms with Gasteiger partial charge in [-0.05, 0) is 54.2 Å². The fourth-order valence-corrected chi connectivity index (χ4v) is 3.99. The Morgan fingerprint density at radius 2 is 1.86 bits per heavy atom. The van der Waals surface area contributed by atoms with Crippen molar-refractivity contribution in [3.63, 3.8) is 0 Å². The average Bonchev–Trinajstić information content (AvgIpc) is 3.25. The van der Waals surface area contributed by atoms with Crippen molar-refractivity contribution in [1.29, 1.82) is 0 Å². The van der Waals surface area contributed by atoms with Crippen molar-refractivity contribution in [2.45, 2.75) is 23.8 Å². The Morgan fingerprint density at radius 3 is 2.59 bits per heavy atom. The number of rotatable bonds is 6. The van der Waals surface area contributed by atoms with Gasteiger partial charge in [0, 0.05) is 11.7 Å². The van der Waals surface area contributed by atoms with Crippen molar-refractivity contribution in [1.82, 2.24) is 10.3 Å². The van der Waals surface area contributed by atoms with Crippen LogP contribution in [0.1, 0.15) is 12.0 Å². The Labute approximate surface area is 167 Å². The maximum Gasteiger partial charge on any atom is 0.251 e. The minimum absolute atomic E-state index is 0.0560. The number of hydrogen-bond acceptors (Lipinski definition) is 5. The normalized spacial score (nSPS) is 17.4. The number of H-pyrrole nitrogens is 1. The van der Waals surface area contributed by atoms with Gasteiger partial charge >= 0.3 is 0 Å². The molecule has 0 radical (unpaired) electrons. The van der Waals surface area contributed by atoms with Crippen molar-refractivity contribution >= 4 is 38.4 Å². The first kappa shape index (κ1) is 19.3. The zero-order valence-electron chi connectivity index (χ0n) is 15.5. The summed E-state index contributed by atoms with van der Waals surface area (Å²) in [5.41, 5.74) is 2.32. The van der Waals surface area contributed by atoms with Crippen LogP contribution in [-0.4, -0.2) is 37.8 Å². The van der Waals surface area contributed by atoms with Gasteiger partial charge in [-0.1, -0.05) is 18.2 Å². The SMILES string of the molecule is NS(=O)(=O)c1ccc(CCNC2CC(=O)N(c3ccc4cc[nH]c4c3)C2=O)cc1. The van der Waals surface area contributed by atoms with Crippen molar-refractivity contribution in [3.05, 3.63) is 60.3 Å². The van der Waals surface area contributed by atoms with Gasteiger partial charge in [0.25, 0.3) is 5.91 Å². The van der Waals surface area contributed by atoms with Gasteiger partial charge in [-0.25, -0.2) is 18.5 Å². The molecule has 1 fully saturated rings. The lowest BCUT2D eigenvalue weighted by molar-refractivity contribution is -0.121. The summed E-state index contributed by atoms with van der Waals surface area (Å²) < 4.78 is 22.6. The lowest BCUT2D eigenvalue weighted by atomic mass is 10.1. The summed E-state index contributed by atoms with van der Waals surface area (Å²) >= 11 is 0. The van der Waals surface area contributed by atoms with E-state index < -0.39 is 16.1 Å². The van der Waals surface area contributed by atoms with Crippen LogP contribution in [0.2, 0.25) is 0 Å². The Kier molecular flexibility index (Phi) is 4.95. The molecule has 1 aromatic heterocycles. The molecule has 0 bridgehead atoms. The van der Waals surface area contributed by atoms with E-state index in [1.807, 2.05) is 18.3 Å². The Bertz CT molecular complexity index is 1180. The summed E-state index contributed by atoms with van der Waals surface area (Å²) in [6, 6.07) is 13.0. The summed E-state index contributed by atoms with van der Waals surface area (Å²) in [4.78, 5) is 29.5. The molecule has 0 saturated carbocycles. The van der Waals surface area contributed by atoms with Gasteiger partial charge in [0.15, 0.2) is 0 Å². The molecule has 1 saturated heterocycles. The highest BCUT2D eigenvalue weighted by Crippen LogP contribution is 2.26. The standard InChI is InChI=1S/C20H20N4O4S/c21-29(27,28)16-5-1-13(2-6-16)7-9-23-18-12-19(25)24(20(18)26)15-4-3-14-8-10-22-17(14)11-15/h1-6,8,10-11,18,22-23H,7,9,12H2,(H2,21,27,28). The van der Waals surface area contributed by atoms with Crippen LogP contribution in [0.3, 0.4) is 0 Å². The molecule has 2 amide bonds. The van der Waals surface area contributed by atoms with E-state index in [9.17, 15) is 18.0 Å². The van der Waals surface area contributed by atoms with Crippen molar-refractivity contribution in [2.75, 3.05) is 11.4 Å². The maximum absolute atomic E-state index is 12.7. The van der Waals surface area contributed by atoms with E-state index in [1.165, 1.54) is 17.0 Å². The third-order valence-electron chi connectivity index (χ3n) is 5.00. The molecule has 3 aromatic rings. The summed E-state index contributed by atoms with van der Waals surface area (Å²) in [6.45, 7) is 0.474. The number of sulfonamides is 1. The van der Waals surface area contributed by atoms with Gasteiger partial charge in [0.05, 0.1) is 23.0 Å². The van der Waals surface area contributed by atoms with E-state index in [2.05, 4.69) is 10.3 Å². The number of primary sulfonamides is 1. The van der Waals surface area contributed by atoms with Gasteiger partial charge in [-0.2, -0.15) is 0 Å². The number of amides is 2. The predicted molar refractivity (Wildman–Crippen MR) is 109 cm³/mol. The summed E-state index contributed by atoms with van der Waals surface area (Å²) in [5.74, 6) is -0.513. The van der Waals surface area contributed by atoms with Crippen LogP contribution < -0.4 is 15.4 Å². The minimum atomic E-state index is -3.71. The highest BCUT2D eigenvalue weighted by atomic mass is 32.2. The number of nitrogens with two attached hydrogens (primary N) is 1. The number of carbonyl (C=O) groups excluding carboxylic acids is 2. The van der Waals surface area contributed by atoms with E-state index in [0.29, 0.717) is 18.7 Å². The van der Waals surface area contributed by atoms with Crippen LogP contribution in [0.15, 0.2) is 59.6 Å². The lowest BCUT2D eigenvalue weighted by Gasteiger charge is -2.16. The number of anilines is 1. The van der Waals surface area contributed by atoms with E-state index in [4.69, 9.17) is 5.14 Å². The Balaban J connectivity index is 1.39. The molecule has 0 spiro atoms. The molecule has 4 rings (SSSR count). The number of aromatic nitrogens is 1. The van der Waals surface area contributed by atoms with Gasteiger partial charge in [0.2, 0.25) is 15.9 Å². The molecule has 150 valence electrons. The zero-order chi connectivity index (χ0) is 20.6. The molecule has 1 aliphatic heterocycles. The molecule has 2 heterocycles. The second kappa shape index (κ2) is 7.43. The number of fused-ring (bicyclic) bond motifs is 1. The molecule has 9 heteroatoms. The summed E-state index contributed by atoms with van der Waals surface area (Å²) in [7, 11) is -3.71. The number of hydrogen-bond donors (Lipinski definition) is 3. The number of imide groups is 1. The van der Waals surface area contributed by atoms with E-state index >= 15 is 0 Å². The molecule has 0 aliphatic carbocycles. The third-order valence-corrected chi connectivity index (χ3v) is 5.93. The second-order valence-corrected chi connectivity index (χ2v) is 8.53. The molecule has 8 nitrogen and oxygen atoms in total. The van der Waals surface area contributed by atoms with Crippen LogP contribution in [-0.2, 0) is 26.0 Å². The van der Waals surface area contributed by atoms with Crippen LogP contribution in [0.4, 0.5) is 5.69 Å². The fraction of sp³-hybridized carbons (Fsp3) is 0.200. The molecule has 2 aromatic carbocycles. The molecular weight excluding hydrogens is 392 g/mol. The number of benzene rings is 2. The zero-order valence-corrected chi connectivity index (χ0v) is 16.3. The smallest absolute Gasteiger partial charge is 0.251 e. The fourth-order valence-electron chi connectivity index (χ4n) is 3.47. The second-order valence-electron chi connectivity index (χ2n) is 6.97. The minimum Gasteiger partial charge on any atom is -0.361 e. The molecule has 1 aliphatic rings. The largest absolute Gasteiger partial charge is 0.361 e. The van der Waals surface area contributed by atoms with E-state index in [-0.39, 0.29) is 23.1 Å². The van der Waals surface area contributed by atoms with E-state index in [1.54, 1.807) is 24.3 Å². The van der Waals surface area contributed by atoms with Gasteiger partial charge < -0.3 is 10.3 Å². The predicted octanol–water partition coefficient (Wildman–Crippen LogP) is 1.28. The number of nitrogens with zero attached hydrogens (tertiary/aromatic N) is 1. The molecular formula is C20H20N4O4S. The first-order valence-electron chi connectivity index (χ1n) is 9.12. The van der Waals surface area contributed by atoms with Crippen molar-refractivity contribution in [2.24, 2.45) is 5.14 Å². The average molecular weight is 412 g/mol. The molecule has 29 heavy (non-hydrogen) atoms. The quantitative estimate of drug-likeness (QED) is 0.526. The lowest BCUT2D eigenvalue weighted by Crippen LogP contribution is -2.39. The maximum atomic E-state index is 12.7. The first-order valence-corrected chi connectivity index (χ1v) is 10.7. The van der Waals surface area contributed by atoms with Crippen LogP contribution in [0.25, 0.3) is 10.9 Å².